The molecule has 172 valence electrons. The quantitative estimate of drug-likeness (QED) is 0.174. The van der Waals surface area contributed by atoms with Gasteiger partial charge in [-0.3, -0.25) is 19.2 Å². The van der Waals surface area contributed by atoms with E-state index in [2.05, 4.69) is 28.6 Å². The van der Waals surface area contributed by atoms with Gasteiger partial charge in [0.25, 0.3) is 0 Å². The lowest BCUT2D eigenvalue weighted by molar-refractivity contribution is -0.144. The fraction of sp³-hybridized carbons (Fsp3) is 0.722. The van der Waals surface area contributed by atoms with Gasteiger partial charge < -0.3 is 31.9 Å². The summed E-state index contributed by atoms with van der Waals surface area (Å²) in [7, 11) is 0. The first-order chi connectivity index (χ1) is 13.8. The van der Waals surface area contributed by atoms with Gasteiger partial charge in [0.2, 0.25) is 17.7 Å². The Morgan fingerprint density at radius 1 is 0.900 bits per heavy atom. The largest absolute Gasteiger partial charge is 0.481 e. The number of nitrogens with one attached hydrogen (secondary N) is 3. The maximum Gasteiger partial charge on any atom is 0.326 e. The number of hydrogen-bond donors (Lipinski definition) is 7. The van der Waals surface area contributed by atoms with Gasteiger partial charge in [-0.15, -0.1) is 0 Å². The first kappa shape index (κ1) is 27.7. The Kier molecular flexibility index (Phi) is 12.0. The van der Waals surface area contributed by atoms with Crippen LogP contribution in [0.1, 0.15) is 40.5 Å². The minimum absolute atomic E-state index is 0.131. The number of hydrogen-bond acceptors (Lipinski definition) is 7. The Hall–Kier alpha value is -2.34. The maximum atomic E-state index is 12.5. The van der Waals surface area contributed by atoms with E-state index in [1.807, 2.05) is 0 Å². The van der Waals surface area contributed by atoms with Crippen molar-refractivity contribution in [1.29, 1.82) is 0 Å². The molecule has 30 heavy (non-hydrogen) atoms. The van der Waals surface area contributed by atoms with Gasteiger partial charge in [-0.2, -0.15) is 12.6 Å². The van der Waals surface area contributed by atoms with E-state index >= 15 is 0 Å². The van der Waals surface area contributed by atoms with Gasteiger partial charge >= 0.3 is 11.9 Å². The van der Waals surface area contributed by atoms with E-state index in [1.165, 1.54) is 0 Å². The summed E-state index contributed by atoms with van der Waals surface area (Å²) in [4.78, 5) is 59.6. The Morgan fingerprint density at radius 3 is 1.80 bits per heavy atom. The van der Waals surface area contributed by atoms with Crippen molar-refractivity contribution in [3.8, 4) is 0 Å². The van der Waals surface area contributed by atoms with Crippen LogP contribution in [0.4, 0.5) is 0 Å². The maximum absolute atomic E-state index is 12.5. The summed E-state index contributed by atoms with van der Waals surface area (Å²) in [6, 6.07) is -4.83. The molecule has 0 bridgehead atoms. The van der Waals surface area contributed by atoms with Crippen LogP contribution in [0.5, 0.6) is 0 Å². The van der Waals surface area contributed by atoms with E-state index in [1.54, 1.807) is 27.7 Å². The highest BCUT2D eigenvalue weighted by molar-refractivity contribution is 7.80. The molecule has 5 unspecified atom stereocenters. The van der Waals surface area contributed by atoms with Crippen LogP contribution in [0.2, 0.25) is 0 Å². The fourth-order valence-corrected chi connectivity index (χ4v) is 2.62. The first-order valence-electron chi connectivity index (χ1n) is 9.57. The molecule has 0 aliphatic carbocycles. The minimum atomic E-state index is -1.54. The molecule has 0 aromatic heterocycles. The van der Waals surface area contributed by atoms with Crippen molar-refractivity contribution in [1.82, 2.24) is 16.0 Å². The topological polar surface area (TPSA) is 188 Å². The van der Waals surface area contributed by atoms with Crippen LogP contribution in [0.25, 0.3) is 0 Å². The molecule has 3 amide bonds. The van der Waals surface area contributed by atoms with Gasteiger partial charge in [0, 0.05) is 5.75 Å². The van der Waals surface area contributed by atoms with Crippen molar-refractivity contribution < 1.29 is 34.2 Å². The number of carboxylic acid groups (broad SMARTS) is 2. The average Bonchev–Trinajstić information content (AvgIpc) is 2.66. The van der Waals surface area contributed by atoms with Gasteiger partial charge in [0.1, 0.15) is 18.1 Å². The lowest BCUT2D eigenvalue weighted by Gasteiger charge is -2.25. The highest BCUT2D eigenvalue weighted by atomic mass is 32.1. The molecule has 0 heterocycles. The number of carbonyl (C=O) groups is 5. The Morgan fingerprint density at radius 2 is 1.40 bits per heavy atom. The van der Waals surface area contributed by atoms with E-state index < -0.39 is 66.2 Å². The van der Waals surface area contributed by atoms with E-state index in [0.29, 0.717) is 6.42 Å². The van der Waals surface area contributed by atoms with Crippen LogP contribution in [0.15, 0.2) is 0 Å². The molecule has 0 aromatic carbocycles. The number of carboxylic acids is 2. The van der Waals surface area contributed by atoms with Crippen LogP contribution in [0.3, 0.4) is 0 Å². The molecule has 0 fully saturated rings. The molecule has 0 aliphatic rings. The van der Waals surface area contributed by atoms with E-state index in [0.717, 1.165) is 0 Å². The summed E-state index contributed by atoms with van der Waals surface area (Å²) in [5, 5.41) is 25.3. The second-order valence-corrected chi connectivity index (χ2v) is 7.75. The van der Waals surface area contributed by atoms with Crippen LogP contribution in [-0.4, -0.2) is 69.8 Å². The van der Waals surface area contributed by atoms with Crippen LogP contribution in [0, 0.1) is 11.8 Å². The van der Waals surface area contributed by atoms with Crippen LogP contribution in [-0.2, 0) is 24.0 Å². The lowest BCUT2D eigenvalue weighted by Crippen LogP contribution is -2.58. The smallest absolute Gasteiger partial charge is 0.326 e. The van der Waals surface area contributed by atoms with E-state index in [4.69, 9.17) is 10.8 Å². The molecular weight excluding hydrogens is 416 g/mol. The standard InChI is InChI=1S/C18H32N4O7S/c1-5-9(4)14(18(28)29)22-15(25)10(6-12(23)24)20-16(26)11(7-30)21-17(27)13(19)8(2)3/h8-11,13-14,30H,5-7,19H2,1-4H3,(H,20,26)(H,21,27)(H,22,25)(H,23,24)(H,28,29). The normalized spacial score (nSPS) is 16.0. The lowest BCUT2D eigenvalue weighted by atomic mass is 9.98. The molecule has 0 aliphatic heterocycles. The molecule has 11 nitrogen and oxygen atoms in total. The molecule has 5 atom stereocenters. The summed E-state index contributed by atoms with van der Waals surface area (Å²) >= 11 is 4.00. The van der Waals surface area contributed by atoms with Crippen LogP contribution >= 0.6 is 12.6 Å². The van der Waals surface area contributed by atoms with Gasteiger partial charge in [-0.05, 0) is 11.8 Å². The fourth-order valence-electron chi connectivity index (χ4n) is 2.36. The molecule has 0 rings (SSSR count). The summed E-state index contributed by atoms with van der Waals surface area (Å²) in [5.41, 5.74) is 5.74. The molecule has 0 saturated heterocycles. The van der Waals surface area contributed by atoms with Crippen molar-refractivity contribution in [2.24, 2.45) is 17.6 Å². The second-order valence-electron chi connectivity index (χ2n) is 7.38. The summed E-state index contributed by atoms with van der Waals surface area (Å²) in [5.74, 6) is -5.79. The third-order valence-corrected chi connectivity index (χ3v) is 4.99. The van der Waals surface area contributed by atoms with Crippen molar-refractivity contribution in [3.63, 3.8) is 0 Å². The third-order valence-electron chi connectivity index (χ3n) is 4.63. The number of amides is 3. The highest BCUT2D eigenvalue weighted by Gasteiger charge is 2.32. The summed E-state index contributed by atoms with van der Waals surface area (Å²) < 4.78 is 0. The molecule has 0 radical (unpaired) electrons. The highest BCUT2D eigenvalue weighted by Crippen LogP contribution is 2.09. The molecule has 0 aromatic rings. The van der Waals surface area contributed by atoms with Crippen molar-refractivity contribution >= 4 is 42.3 Å². The molecule has 7 N–H and O–H groups in total. The Balaban J connectivity index is 5.36. The van der Waals surface area contributed by atoms with Gasteiger partial charge in [0.05, 0.1) is 12.5 Å². The van der Waals surface area contributed by atoms with Crippen molar-refractivity contribution in [2.75, 3.05) is 5.75 Å². The molecule has 0 saturated carbocycles. The summed E-state index contributed by atoms with van der Waals surface area (Å²) in [6.45, 7) is 6.81. The first-order valence-corrected chi connectivity index (χ1v) is 10.2. The zero-order chi connectivity index (χ0) is 23.6. The van der Waals surface area contributed by atoms with Gasteiger partial charge in [-0.25, -0.2) is 4.79 Å². The van der Waals surface area contributed by atoms with Crippen LogP contribution < -0.4 is 21.7 Å². The average molecular weight is 449 g/mol. The molecule has 12 heteroatoms. The zero-order valence-electron chi connectivity index (χ0n) is 17.5. The molecule has 0 spiro atoms. The second kappa shape index (κ2) is 13.1. The number of aliphatic carboxylic acids is 2. The predicted octanol–water partition coefficient (Wildman–Crippen LogP) is -1.04. The Labute approximate surface area is 180 Å². The van der Waals surface area contributed by atoms with E-state index in [9.17, 15) is 29.1 Å². The number of carbonyl (C=O) groups excluding carboxylic acids is 3. The predicted molar refractivity (Wildman–Crippen MR) is 112 cm³/mol. The minimum Gasteiger partial charge on any atom is -0.481 e. The van der Waals surface area contributed by atoms with Crippen molar-refractivity contribution in [3.05, 3.63) is 0 Å². The van der Waals surface area contributed by atoms with Crippen molar-refractivity contribution in [2.45, 2.75) is 64.7 Å². The van der Waals surface area contributed by atoms with Gasteiger partial charge in [-0.1, -0.05) is 34.1 Å². The number of thiol groups is 1. The molecular formula is C18H32N4O7S. The van der Waals surface area contributed by atoms with Gasteiger partial charge in [0.15, 0.2) is 0 Å². The number of rotatable bonds is 13. The third kappa shape index (κ3) is 8.99. The van der Waals surface area contributed by atoms with E-state index in [-0.39, 0.29) is 11.7 Å². The zero-order valence-corrected chi connectivity index (χ0v) is 18.4. The monoisotopic (exact) mass is 448 g/mol. The number of nitrogens with two attached hydrogens (primary N) is 1. The Bertz CT molecular complexity index is 644. The SMILES string of the molecule is CCC(C)C(NC(=O)C(CC(=O)O)NC(=O)C(CS)NC(=O)C(N)C(C)C)C(=O)O. The summed E-state index contributed by atoms with van der Waals surface area (Å²) in [6.07, 6.45) is -0.319.